The first-order valence-corrected chi connectivity index (χ1v) is 5.98. The molecule has 0 amide bonds. The lowest BCUT2D eigenvalue weighted by Gasteiger charge is -2.01. The first-order chi connectivity index (χ1) is 7.45. The zero-order valence-electron chi connectivity index (χ0n) is 7.57. The molecular formula is C6H6O8S2. The molecule has 90 valence electrons. The number of hydrogen-bond donors (Lipinski definition) is 2. The van der Waals surface area contributed by atoms with Gasteiger partial charge in [-0.25, -0.2) is 19.2 Å². The molecule has 0 spiro atoms. The summed E-state index contributed by atoms with van der Waals surface area (Å²) in [4.78, 5) is 40.6. The Labute approximate surface area is 96.7 Å². The number of carboxylic acid groups (broad SMARTS) is 2. The van der Waals surface area contributed by atoms with Crippen LogP contribution >= 0.6 is 21.6 Å². The average molecular weight is 270 g/mol. The standard InChI is InChI=1S/C6H6O8S2/c7-3(8)5(11)13-1-15-16-2-14-6(12)4(9)10/h1-2H2,(H,7,8)(H,9,10). The van der Waals surface area contributed by atoms with E-state index < -0.39 is 23.9 Å². The van der Waals surface area contributed by atoms with E-state index in [1.54, 1.807) is 0 Å². The highest BCUT2D eigenvalue weighted by Crippen LogP contribution is 2.20. The Balaban J connectivity index is 3.41. The highest BCUT2D eigenvalue weighted by atomic mass is 33.1. The highest BCUT2D eigenvalue weighted by molar-refractivity contribution is 8.76. The van der Waals surface area contributed by atoms with Crippen molar-refractivity contribution in [2.24, 2.45) is 0 Å². The van der Waals surface area contributed by atoms with E-state index >= 15 is 0 Å². The van der Waals surface area contributed by atoms with Crippen LogP contribution in [0.25, 0.3) is 0 Å². The van der Waals surface area contributed by atoms with Gasteiger partial charge in [-0.3, -0.25) is 0 Å². The Kier molecular flexibility index (Phi) is 7.12. The fourth-order valence-electron chi connectivity index (χ4n) is 0.347. The number of carbonyl (C=O) groups excluding carboxylic acids is 2. The summed E-state index contributed by atoms with van der Waals surface area (Å²) in [6.07, 6.45) is 0. The van der Waals surface area contributed by atoms with Crippen LogP contribution in [0.5, 0.6) is 0 Å². The number of rotatable bonds is 5. The maximum Gasteiger partial charge on any atom is 0.418 e. The smallest absolute Gasteiger partial charge is 0.418 e. The quantitative estimate of drug-likeness (QED) is 0.222. The van der Waals surface area contributed by atoms with E-state index in [1.807, 2.05) is 0 Å². The summed E-state index contributed by atoms with van der Waals surface area (Å²) in [5.41, 5.74) is 0. The van der Waals surface area contributed by atoms with Gasteiger partial charge in [0.05, 0.1) is 0 Å². The highest BCUT2D eigenvalue weighted by Gasteiger charge is 2.13. The van der Waals surface area contributed by atoms with Crippen LogP contribution in [-0.4, -0.2) is 46.0 Å². The van der Waals surface area contributed by atoms with Gasteiger partial charge in [0, 0.05) is 0 Å². The van der Waals surface area contributed by atoms with E-state index in [-0.39, 0.29) is 11.9 Å². The first kappa shape index (κ1) is 14.6. The van der Waals surface area contributed by atoms with Crippen LogP contribution in [0.3, 0.4) is 0 Å². The summed E-state index contributed by atoms with van der Waals surface area (Å²) in [7, 11) is 1.79. The van der Waals surface area contributed by atoms with Crippen LogP contribution in [0.15, 0.2) is 0 Å². The second-order valence-electron chi connectivity index (χ2n) is 1.95. The van der Waals surface area contributed by atoms with E-state index in [4.69, 9.17) is 10.2 Å². The van der Waals surface area contributed by atoms with Gasteiger partial charge in [0.15, 0.2) is 0 Å². The largest absolute Gasteiger partial charge is 0.473 e. The predicted molar refractivity (Wildman–Crippen MR) is 52.4 cm³/mol. The van der Waals surface area contributed by atoms with E-state index in [9.17, 15) is 19.2 Å². The molecule has 0 atom stereocenters. The molecule has 0 unspecified atom stereocenters. The monoisotopic (exact) mass is 270 g/mol. The summed E-state index contributed by atoms with van der Waals surface area (Å²) >= 11 is 0. The maximum absolute atomic E-state index is 10.4. The Morgan fingerprint density at radius 2 is 1.12 bits per heavy atom. The number of carbonyl (C=O) groups is 4. The van der Waals surface area contributed by atoms with E-state index in [2.05, 4.69) is 9.47 Å². The van der Waals surface area contributed by atoms with Crippen LogP contribution in [0.1, 0.15) is 0 Å². The van der Waals surface area contributed by atoms with Crippen molar-refractivity contribution in [1.29, 1.82) is 0 Å². The Morgan fingerprint density at radius 3 is 1.38 bits per heavy atom. The van der Waals surface area contributed by atoms with E-state index in [0.717, 1.165) is 21.6 Å². The third-order valence-corrected chi connectivity index (χ3v) is 2.58. The van der Waals surface area contributed by atoms with E-state index in [1.165, 1.54) is 0 Å². The normalized spacial score (nSPS) is 9.25. The summed E-state index contributed by atoms with van der Waals surface area (Å²) in [6, 6.07) is 0. The molecule has 0 saturated carbocycles. The second-order valence-corrected chi connectivity index (χ2v) is 4.30. The predicted octanol–water partition coefficient (Wildman–Crippen LogP) is -0.462. The number of hydrogen-bond acceptors (Lipinski definition) is 8. The summed E-state index contributed by atoms with van der Waals surface area (Å²) < 4.78 is 8.41. The van der Waals surface area contributed by atoms with Gasteiger partial charge in [-0.05, 0) is 21.6 Å². The fourth-order valence-corrected chi connectivity index (χ4v) is 1.49. The van der Waals surface area contributed by atoms with Crippen LogP contribution in [0.4, 0.5) is 0 Å². The molecule has 0 aromatic carbocycles. The van der Waals surface area contributed by atoms with Gasteiger partial charge in [0.25, 0.3) is 0 Å². The Hall–Kier alpha value is -1.42. The number of aliphatic carboxylic acids is 2. The second kappa shape index (κ2) is 7.82. The molecule has 0 bridgehead atoms. The van der Waals surface area contributed by atoms with Gasteiger partial charge in [0.2, 0.25) is 0 Å². The zero-order chi connectivity index (χ0) is 12.6. The molecule has 0 aromatic rings. The average Bonchev–Trinajstić information content (AvgIpc) is 2.21. The van der Waals surface area contributed by atoms with Gasteiger partial charge in [-0.1, -0.05) is 0 Å². The number of carboxylic acids is 2. The van der Waals surface area contributed by atoms with Crippen LogP contribution < -0.4 is 0 Å². The molecule has 0 heterocycles. The van der Waals surface area contributed by atoms with Gasteiger partial charge < -0.3 is 19.7 Å². The lowest BCUT2D eigenvalue weighted by atomic mass is 10.7. The molecule has 8 nitrogen and oxygen atoms in total. The summed E-state index contributed by atoms with van der Waals surface area (Å²) in [5, 5.41) is 16.2. The fraction of sp³-hybridized carbons (Fsp3) is 0.333. The number of ether oxygens (including phenoxy) is 2. The third kappa shape index (κ3) is 6.95. The molecule has 0 fully saturated rings. The zero-order valence-corrected chi connectivity index (χ0v) is 9.21. The third-order valence-electron chi connectivity index (χ3n) is 0.909. The van der Waals surface area contributed by atoms with Crippen molar-refractivity contribution in [2.45, 2.75) is 0 Å². The molecule has 0 aliphatic rings. The minimum atomic E-state index is -1.71. The topological polar surface area (TPSA) is 127 Å². The van der Waals surface area contributed by atoms with Gasteiger partial charge in [0.1, 0.15) is 11.9 Å². The minimum Gasteiger partial charge on any atom is -0.473 e. The lowest BCUT2D eigenvalue weighted by molar-refractivity contribution is -0.162. The number of esters is 2. The molecule has 0 saturated heterocycles. The van der Waals surface area contributed by atoms with Gasteiger partial charge >= 0.3 is 23.9 Å². The van der Waals surface area contributed by atoms with Crippen molar-refractivity contribution in [3.8, 4) is 0 Å². The maximum atomic E-state index is 10.4. The Bertz CT molecular complexity index is 271. The molecule has 0 aliphatic heterocycles. The van der Waals surface area contributed by atoms with Gasteiger partial charge in [-0.2, -0.15) is 0 Å². The van der Waals surface area contributed by atoms with Crippen molar-refractivity contribution >= 4 is 45.5 Å². The van der Waals surface area contributed by atoms with Crippen LogP contribution in [0, 0.1) is 0 Å². The van der Waals surface area contributed by atoms with Crippen LogP contribution in [0.2, 0.25) is 0 Å². The molecule has 16 heavy (non-hydrogen) atoms. The Morgan fingerprint density at radius 1 is 0.812 bits per heavy atom. The molecule has 0 aromatic heterocycles. The molecule has 0 radical (unpaired) electrons. The molecule has 2 N–H and O–H groups in total. The van der Waals surface area contributed by atoms with Crippen molar-refractivity contribution < 1.29 is 38.9 Å². The van der Waals surface area contributed by atoms with Crippen molar-refractivity contribution in [3.63, 3.8) is 0 Å². The lowest BCUT2D eigenvalue weighted by Crippen LogP contribution is -2.16. The van der Waals surface area contributed by atoms with Gasteiger partial charge in [-0.15, -0.1) is 0 Å². The molecule has 0 rings (SSSR count). The summed E-state index contributed by atoms with van der Waals surface area (Å²) in [5.74, 6) is -6.70. The SMILES string of the molecule is O=C(O)C(=O)OCSSCOC(=O)C(=O)O. The first-order valence-electron chi connectivity index (χ1n) is 3.49. The summed E-state index contributed by atoms with van der Waals surface area (Å²) in [6.45, 7) is 0. The van der Waals surface area contributed by atoms with E-state index in [0.29, 0.717) is 0 Å². The van der Waals surface area contributed by atoms with Crippen LogP contribution in [-0.2, 0) is 28.7 Å². The van der Waals surface area contributed by atoms with Crippen molar-refractivity contribution in [1.82, 2.24) is 0 Å². The molecular weight excluding hydrogens is 264 g/mol. The molecule has 0 aliphatic carbocycles. The molecule has 10 heteroatoms. The minimum absolute atomic E-state index is 0.250. The van der Waals surface area contributed by atoms with Crippen molar-refractivity contribution in [2.75, 3.05) is 11.9 Å². The van der Waals surface area contributed by atoms with Crippen molar-refractivity contribution in [3.05, 3.63) is 0 Å².